The molecule has 1 aromatic carbocycles. The van der Waals surface area contributed by atoms with E-state index >= 15 is 0 Å². The maximum Gasteiger partial charge on any atom is 0.0896 e. The molecule has 1 N–H and O–H groups in total. The maximum atomic E-state index is 5.99. The van der Waals surface area contributed by atoms with Crippen LogP contribution in [0.25, 0.3) is 0 Å². The van der Waals surface area contributed by atoms with E-state index in [1.165, 1.54) is 11.1 Å². The zero-order valence-corrected chi connectivity index (χ0v) is 12.5. The average molecular weight is 262 g/mol. The van der Waals surface area contributed by atoms with E-state index in [1.54, 1.807) is 0 Å². The fraction of sp³-hybridized carbons (Fsp3) is 0.625. The number of likely N-dealkylation sites (N-methyl/N-ethyl adjacent to an activating group) is 1. The van der Waals surface area contributed by atoms with Crippen molar-refractivity contribution in [2.45, 2.75) is 39.0 Å². The number of hydrogen-bond acceptors (Lipinski definition) is 3. The Hall–Kier alpha value is -0.900. The summed E-state index contributed by atoms with van der Waals surface area (Å²) in [6, 6.07) is 9.76. The van der Waals surface area contributed by atoms with Gasteiger partial charge in [-0.25, -0.2) is 0 Å². The Bertz CT molecular complexity index is 386. The number of rotatable bonds is 4. The second-order valence-corrected chi connectivity index (χ2v) is 5.65. The Balaban J connectivity index is 2.28. The minimum absolute atomic E-state index is 0.226. The Labute approximate surface area is 116 Å². The highest BCUT2D eigenvalue weighted by molar-refractivity contribution is 5.25. The van der Waals surface area contributed by atoms with Crippen molar-refractivity contribution in [1.29, 1.82) is 0 Å². The Morgan fingerprint density at radius 1 is 1.32 bits per heavy atom. The van der Waals surface area contributed by atoms with Gasteiger partial charge in [0.1, 0.15) is 0 Å². The van der Waals surface area contributed by atoms with E-state index in [1.807, 2.05) is 7.05 Å². The van der Waals surface area contributed by atoms with Crippen LogP contribution >= 0.6 is 0 Å². The van der Waals surface area contributed by atoms with Crippen LogP contribution in [0.5, 0.6) is 0 Å². The van der Waals surface area contributed by atoms with E-state index in [4.69, 9.17) is 4.74 Å². The normalized spacial score (nSPS) is 24.9. The number of nitrogens with one attached hydrogen (secondary N) is 1. The van der Waals surface area contributed by atoms with Crippen molar-refractivity contribution >= 4 is 0 Å². The summed E-state index contributed by atoms with van der Waals surface area (Å²) >= 11 is 0. The SMILES string of the molecule is CNCC1OCCN(C(C)C)C1c1ccc(C)cc1. The van der Waals surface area contributed by atoms with Gasteiger partial charge in [-0.15, -0.1) is 0 Å². The highest BCUT2D eigenvalue weighted by Crippen LogP contribution is 2.31. The van der Waals surface area contributed by atoms with Crippen molar-refractivity contribution in [3.05, 3.63) is 35.4 Å². The smallest absolute Gasteiger partial charge is 0.0896 e. The molecule has 3 nitrogen and oxygen atoms in total. The molecule has 106 valence electrons. The first-order valence-corrected chi connectivity index (χ1v) is 7.22. The van der Waals surface area contributed by atoms with Crippen molar-refractivity contribution in [3.8, 4) is 0 Å². The summed E-state index contributed by atoms with van der Waals surface area (Å²) in [6.07, 6.45) is 0.226. The van der Waals surface area contributed by atoms with E-state index in [0.717, 1.165) is 19.7 Å². The molecule has 0 saturated carbocycles. The molecule has 3 heteroatoms. The van der Waals surface area contributed by atoms with Crippen LogP contribution in [0, 0.1) is 6.92 Å². The number of morpholine rings is 1. The largest absolute Gasteiger partial charge is 0.374 e. The van der Waals surface area contributed by atoms with Gasteiger partial charge in [-0.3, -0.25) is 4.90 Å². The molecule has 1 heterocycles. The van der Waals surface area contributed by atoms with Crippen LogP contribution in [0.15, 0.2) is 24.3 Å². The van der Waals surface area contributed by atoms with Gasteiger partial charge < -0.3 is 10.1 Å². The monoisotopic (exact) mass is 262 g/mol. The van der Waals surface area contributed by atoms with Crippen LogP contribution in [-0.4, -0.2) is 43.8 Å². The first-order valence-electron chi connectivity index (χ1n) is 7.22. The molecule has 19 heavy (non-hydrogen) atoms. The maximum absolute atomic E-state index is 5.99. The molecular formula is C16H26N2O. The lowest BCUT2D eigenvalue weighted by Crippen LogP contribution is -2.51. The van der Waals surface area contributed by atoms with Gasteiger partial charge in [-0.05, 0) is 33.4 Å². The zero-order chi connectivity index (χ0) is 13.8. The molecule has 1 fully saturated rings. The van der Waals surface area contributed by atoms with E-state index in [2.05, 4.69) is 55.3 Å². The predicted octanol–water partition coefficient (Wildman–Crippen LogP) is 2.36. The van der Waals surface area contributed by atoms with Crippen LogP contribution in [0.4, 0.5) is 0 Å². The van der Waals surface area contributed by atoms with Crippen LogP contribution in [0.1, 0.15) is 31.0 Å². The highest BCUT2D eigenvalue weighted by Gasteiger charge is 2.34. The van der Waals surface area contributed by atoms with Crippen molar-refractivity contribution in [3.63, 3.8) is 0 Å². The van der Waals surface area contributed by atoms with Gasteiger partial charge in [0.25, 0.3) is 0 Å². The summed E-state index contributed by atoms with van der Waals surface area (Å²) < 4.78 is 5.99. The number of ether oxygens (including phenoxy) is 1. The molecule has 1 aliphatic heterocycles. The Morgan fingerprint density at radius 3 is 2.58 bits per heavy atom. The first-order chi connectivity index (χ1) is 9.13. The van der Waals surface area contributed by atoms with Crippen LogP contribution in [-0.2, 0) is 4.74 Å². The Kier molecular flexibility index (Phi) is 4.97. The third-order valence-electron chi connectivity index (χ3n) is 3.88. The van der Waals surface area contributed by atoms with E-state index in [9.17, 15) is 0 Å². The van der Waals surface area contributed by atoms with Gasteiger partial charge in [0, 0.05) is 19.1 Å². The fourth-order valence-corrected chi connectivity index (χ4v) is 2.87. The third-order valence-corrected chi connectivity index (χ3v) is 3.88. The highest BCUT2D eigenvalue weighted by atomic mass is 16.5. The van der Waals surface area contributed by atoms with E-state index < -0.39 is 0 Å². The molecular weight excluding hydrogens is 236 g/mol. The molecule has 1 aliphatic rings. The zero-order valence-electron chi connectivity index (χ0n) is 12.5. The minimum Gasteiger partial charge on any atom is -0.374 e. The first kappa shape index (κ1) is 14.5. The van der Waals surface area contributed by atoms with Crippen molar-refractivity contribution in [2.24, 2.45) is 0 Å². The van der Waals surface area contributed by atoms with Gasteiger partial charge in [0.15, 0.2) is 0 Å². The lowest BCUT2D eigenvalue weighted by molar-refractivity contribution is -0.0815. The molecule has 2 atom stereocenters. The Morgan fingerprint density at radius 2 is 2.00 bits per heavy atom. The second kappa shape index (κ2) is 6.51. The van der Waals surface area contributed by atoms with E-state index in [-0.39, 0.29) is 6.10 Å². The van der Waals surface area contributed by atoms with Gasteiger partial charge >= 0.3 is 0 Å². The molecule has 1 saturated heterocycles. The molecule has 0 bridgehead atoms. The minimum atomic E-state index is 0.226. The molecule has 0 amide bonds. The lowest BCUT2D eigenvalue weighted by atomic mass is 9.96. The van der Waals surface area contributed by atoms with Gasteiger partial charge in [-0.1, -0.05) is 29.8 Å². The number of nitrogens with zero attached hydrogens (tertiary/aromatic N) is 1. The summed E-state index contributed by atoms with van der Waals surface area (Å²) in [5.41, 5.74) is 2.67. The topological polar surface area (TPSA) is 24.5 Å². The predicted molar refractivity (Wildman–Crippen MR) is 79.4 cm³/mol. The van der Waals surface area contributed by atoms with Crippen molar-refractivity contribution in [1.82, 2.24) is 10.2 Å². The summed E-state index contributed by atoms with van der Waals surface area (Å²) in [5, 5.41) is 3.26. The van der Waals surface area contributed by atoms with E-state index in [0.29, 0.717) is 12.1 Å². The molecule has 2 unspecified atom stereocenters. The quantitative estimate of drug-likeness (QED) is 0.901. The number of benzene rings is 1. The molecule has 0 radical (unpaired) electrons. The molecule has 0 aliphatic carbocycles. The summed E-state index contributed by atoms with van der Waals surface area (Å²) in [5.74, 6) is 0. The lowest BCUT2D eigenvalue weighted by Gasteiger charge is -2.43. The van der Waals surface area contributed by atoms with Gasteiger partial charge in [0.2, 0.25) is 0 Å². The standard InChI is InChI=1S/C16H26N2O/c1-12(2)18-9-10-19-15(11-17-4)16(18)14-7-5-13(3)6-8-14/h5-8,12,15-17H,9-11H2,1-4H3. The number of hydrogen-bond donors (Lipinski definition) is 1. The number of aryl methyl sites for hydroxylation is 1. The molecule has 0 spiro atoms. The second-order valence-electron chi connectivity index (χ2n) is 5.65. The average Bonchev–Trinajstić information content (AvgIpc) is 2.40. The van der Waals surface area contributed by atoms with Crippen LogP contribution in [0.2, 0.25) is 0 Å². The fourth-order valence-electron chi connectivity index (χ4n) is 2.87. The van der Waals surface area contributed by atoms with Crippen molar-refractivity contribution in [2.75, 3.05) is 26.7 Å². The van der Waals surface area contributed by atoms with Crippen LogP contribution in [0.3, 0.4) is 0 Å². The molecule has 1 aromatic rings. The summed E-state index contributed by atoms with van der Waals surface area (Å²) in [6.45, 7) is 9.39. The molecule has 0 aromatic heterocycles. The van der Waals surface area contributed by atoms with Gasteiger partial charge in [-0.2, -0.15) is 0 Å². The summed E-state index contributed by atoms with van der Waals surface area (Å²) in [4.78, 5) is 2.55. The third kappa shape index (κ3) is 3.35. The molecule has 2 rings (SSSR count). The van der Waals surface area contributed by atoms with Gasteiger partial charge in [0.05, 0.1) is 18.8 Å². The van der Waals surface area contributed by atoms with Crippen molar-refractivity contribution < 1.29 is 4.74 Å². The summed E-state index contributed by atoms with van der Waals surface area (Å²) in [7, 11) is 1.99. The van der Waals surface area contributed by atoms with Crippen LogP contribution < -0.4 is 5.32 Å².